The summed E-state index contributed by atoms with van der Waals surface area (Å²) < 4.78 is 38.8. The van der Waals surface area contributed by atoms with Crippen LogP contribution in [0.15, 0.2) is 40.5 Å². The Morgan fingerprint density at radius 3 is 2.80 bits per heavy atom. The number of benzene rings is 1. The second-order valence-electron chi connectivity index (χ2n) is 5.39. The Balaban J connectivity index is 1.84. The number of hydrogen-bond acceptors (Lipinski definition) is 4. The monoisotopic (exact) mass is 367 g/mol. The first-order chi connectivity index (χ1) is 11.8. The molecule has 1 amide bonds. The van der Waals surface area contributed by atoms with Crippen LogP contribution in [-0.2, 0) is 12.7 Å². The molecule has 0 bridgehead atoms. The van der Waals surface area contributed by atoms with E-state index in [1.54, 1.807) is 11.4 Å². The smallest absolute Gasteiger partial charge is 0.334 e. The summed E-state index contributed by atoms with van der Waals surface area (Å²) >= 11 is 1.26. The largest absolute Gasteiger partial charge is 0.416 e. The number of alkyl halides is 3. The Morgan fingerprint density at radius 1 is 1.32 bits per heavy atom. The normalized spacial score (nSPS) is 11.7. The Kier molecular flexibility index (Phi) is 4.34. The van der Waals surface area contributed by atoms with Crippen LogP contribution in [0.3, 0.4) is 0 Å². The second kappa shape index (κ2) is 6.32. The van der Waals surface area contributed by atoms with Crippen molar-refractivity contribution < 1.29 is 18.0 Å². The van der Waals surface area contributed by atoms with Crippen LogP contribution in [0, 0.1) is 0 Å². The van der Waals surface area contributed by atoms with E-state index in [0.717, 1.165) is 12.1 Å². The molecule has 0 atom stereocenters. The van der Waals surface area contributed by atoms with Gasteiger partial charge < -0.3 is 9.88 Å². The molecule has 130 valence electrons. The number of hydrogen-bond donors (Lipinski definition) is 1. The van der Waals surface area contributed by atoms with Gasteiger partial charge in [0.05, 0.1) is 17.6 Å². The molecule has 0 spiro atoms. The fourth-order valence-electron chi connectivity index (χ4n) is 2.34. The summed E-state index contributed by atoms with van der Waals surface area (Å²) in [6, 6.07) is 5.89. The minimum Gasteiger partial charge on any atom is -0.334 e. The number of H-pyrrole nitrogens is 1. The van der Waals surface area contributed by atoms with Gasteiger partial charge in [-0.3, -0.25) is 9.59 Å². The Morgan fingerprint density at radius 2 is 2.08 bits per heavy atom. The summed E-state index contributed by atoms with van der Waals surface area (Å²) in [6.07, 6.45) is -4.52. The molecular weight excluding hydrogens is 355 g/mol. The third-order valence-corrected chi connectivity index (χ3v) is 4.44. The van der Waals surface area contributed by atoms with Crippen molar-refractivity contribution in [2.75, 3.05) is 7.05 Å². The number of halogens is 3. The third kappa shape index (κ3) is 3.55. The molecule has 0 aliphatic heterocycles. The summed E-state index contributed by atoms with van der Waals surface area (Å²) in [5.74, 6) is -0.335. The van der Waals surface area contributed by atoms with E-state index in [1.807, 2.05) is 0 Å². The molecule has 0 radical (unpaired) electrons. The van der Waals surface area contributed by atoms with Gasteiger partial charge >= 0.3 is 6.18 Å². The fraction of sp³-hybridized carbons (Fsp3) is 0.188. The summed E-state index contributed by atoms with van der Waals surface area (Å²) in [5.41, 5.74) is -0.771. The molecule has 3 aromatic rings. The maximum absolute atomic E-state index is 12.8. The summed E-state index contributed by atoms with van der Waals surface area (Å²) in [6.45, 7) is -0.0316. The zero-order chi connectivity index (χ0) is 18.2. The highest BCUT2D eigenvalue weighted by Crippen LogP contribution is 2.29. The van der Waals surface area contributed by atoms with Gasteiger partial charge in [-0.2, -0.15) is 13.2 Å². The molecule has 5 nitrogen and oxygen atoms in total. The van der Waals surface area contributed by atoms with Crippen molar-refractivity contribution in [1.29, 1.82) is 0 Å². The van der Waals surface area contributed by atoms with E-state index < -0.39 is 17.6 Å². The quantitative estimate of drug-likeness (QED) is 0.773. The van der Waals surface area contributed by atoms with Gasteiger partial charge in [0.1, 0.15) is 10.5 Å². The predicted octanol–water partition coefficient (Wildman–Crippen LogP) is 3.28. The summed E-state index contributed by atoms with van der Waals surface area (Å²) in [7, 11) is 1.43. The van der Waals surface area contributed by atoms with Crippen molar-refractivity contribution in [3.8, 4) is 0 Å². The lowest BCUT2D eigenvalue weighted by Crippen LogP contribution is -2.28. The first-order valence-electron chi connectivity index (χ1n) is 7.15. The van der Waals surface area contributed by atoms with Gasteiger partial charge in [0, 0.05) is 12.6 Å². The first-order valence-corrected chi connectivity index (χ1v) is 8.03. The second-order valence-corrected chi connectivity index (χ2v) is 6.30. The van der Waals surface area contributed by atoms with Gasteiger partial charge in [-0.25, -0.2) is 4.98 Å². The highest BCUT2D eigenvalue weighted by atomic mass is 32.1. The van der Waals surface area contributed by atoms with Crippen molar-refractivity contribution in [2.45, 2.75) is 12.7 Å². The van der Waals surface area contributed by atoms with Crippen LogP contribution >= 0.6 is 11.3 Å². The molecule has 0 fully saturated rings. The molecule has 0 saturated carbocycles. The van der Waals surface area contributed by atoms with Crippen LogP contribution in [0.4, 0.5) is 13.2 Å². The highest BCUT2D eigenvalue weighted by molar-refractivity contribution is 7.17. The Hall–Kier alpha value is -2.68. The van der Waals surface area contributed by atoms with Crippen LogP contribution in [0.2, 0.25) is 0 Å². The maximum Gasteiger partial charge on any atom is 0.416 e. The number of nitrogens with zero attached hydrogens (tertiary/aromatic N) is 2. The number of carbonyl (C=O) groups excluding carboxylic acids is 1. The molecule has 2 heterocycles. The zero-order valence-electron chi connectivity index (χ0n) is 12.9. The van der Waals surface area contributed by atoms with Gasteiger partial charge in [-0.05, 0) is 29.6 Å². The van der Waals surface area contributed by atoms with Crippen LogP contribution in [-0.4, -0.2) is 27.8 Å². The van der Waals surface area contributed by atoms with E-state index in [4.69, 9.17) is 0 Å². The molecule has 0 saturated heterocycles. The number of amides is 1. The molecule has 0 aliphatic carbocycles. The van der Waals surface area contributed by atoms with Crippen molar-refractivity contribution >= 4 is 27.5 Å². The number of nitrogens with one attached hydrogen (secondary N) is 1. The Labute approximate surface area is 143 Å². The van der Waals surface area contributed by atoms with Gasteiger partial charge in [0.25, 0.3) is 11.5 Å². The van der Waals surface area contributed by atoms with E-state index in [1.165, 1.54) is 35.4 Å². The number of aromatic amines is 1. The van der Waals surface area contributed by atoms with Crippen molar-refractivity contribution in [3.05, 3.63) is 63.0 Å². The van der Waals surface area contributed by atoms with Crippen LogP contribution in [0.1, 0.15) is 21.7 Å². The van der Waals surface area contributed by atoms with Crippen LogP contribution < -0.4 is 5.56 Å². The third-order valence-electron chi connectivity index (χ3n) is 3.53. The van der Waals surface area contributed by atoms with E-state index in [2.05, 4.69) is 9.97 Å². The van der Waals surface area contributed by atoms with Crippen LogP contribution in [0.5, 0.6) is 0 Å². The van der Waals surface area contributed by atoms with Gasteiger partial charge in [-0.15, -0.1) is 11.3 Å². The first kappa shape index (κ1) is 17.2. The molecule has 25 heavy (non-hydrogen) atoms. The topological polar surface area (TPSA) is 66.1 Å². The van der Waals surface area contributed by atoms with Crippen molar-refractivity contribution in [2.24, 2.45) is 0 Å². The zero-order valence-corrected chi connectivity index (χ0v) is 13.7. The molecule has 9 heteroatoms. The standard InChI is InChI=1S/C16H12F3N3O2S/c1-22(8-12-20-11-5-6-25-13(11)14(23)21-12)15(24)9-3-2-4-10(7-9)16(17,18)19/h2-7H,8H2,1H3,(H,20,21,23). The highest BCUT2D eigenvalue weighted by Gasteiger charge is 2.31. The van der Waals surface area contributed by atoms with Gasteiger partial charge in [0.15, 0.2) is 0 Å². The predicted molar refractivity (Wildman–Crippen MR) is 87.5 cm³/mol. The maximum atomic E-state index is 12.8. The van der Waals surface area contributed by atoms with Gasteiger partial charge in [0.2, 0.25) is 0 Å². The van der Waals surface area contributed by atoms with E-state index in [0.29, 0.717) is 10.2 Å². The lowest BCUT2D eigenvalue weighted by molar-refractivity contribution is -0.137. The lowest BCUT2D eigenvalue weighted by Gasteiger charge is -2.17. The molecular formula is C16H12F3N3O2S. The number of rotatable bonds is 3. The minimum atomic E-state index is -4.52. The fourth-order valence-corrected chi connectivity index (χ4v) is 3.07. The van der Waals surface area contributed by atoms with Gasteiger partial charge in [-0.1, -0.05) is 6.07 Å². The van der Waals surface area contributed by atoms with Crippen LogP contribution in [0.25, 0.3) is 10.2 Å². The van der Waals surface area contributed by atoms with Crippen molar-refractivity contribution in [3.63, 3.8) is 0 Å². The summed E-state index contributed by atoms with van der Waals surface area (Å²) in [5, 5.41) is 1.73. The molecule has 0 unspecified atom stereocenters. The van der Waals surface area contributed by atoms with E-state index in [-0.39, 0.29) is 23.5 Å². The van der Waals surface area contributed by atoms with E-state index in [9.17, 15) is 22.8 Å². The number of fused-ring (bicyclic) bond motifs is 1. The Bertz CT molecular complexity index is 994. The molecule has 1 N–H and O–H groups in total. The number of aromatic nitrogens is 2. The summed E-state index contributed by atoms with van der Waals surface area (Å²) in [4.78, 5) is 32.3. The molecule has 2 aromatic heterocycles. The SMILES string of the molecule is CN(Cc1nc2ccsc2c(=O)[nH]1)C(=O)c1cccc(C(F)(F)F)c1. The average Bonchev–Trinajstić information content (AvgIpc) is 3.02. The van der Waals surface area contributed by atoms with Crippen molar-refractivity contribution in [1.82, 2.24) is 14.9 Å². The lowest BCUT2D eigenvalue weighted by atomic mass is 10.1. The molecule has 0 aliphatic rings. The number of carbonyl (C=O) groups is 1. The molecule has 1 aromatic carbocycles. The minimum absolute atomic E-state index is 0.0316. The van der Waals surface area contributed by atoms with E-state index >= 15 is 0 Å². The number of thiophene rings is 1. The average molecular weight is 367 g/mol. The molecule has 3 rings (SSSR count).